The topological polar surface area (TPSA) is 73.8 Å². The number of aliphatic imine (C=N–C) groups is 1. The molecule has 9 heteroatoms. The predicted octanol–water partition coefficient (Wildman–Crippen LogP) is 2.10. The quantitative estimate of drug-likeness (QED) is 0.347. The van der Waals surface area contributed by atoms with E-state index in [1.165, 1.54) is 17.7 Å². The number of nitrogens with zero attached hydrogens (tertiary/aromatic N) is 2. The van der Waals surface area contributed by atoms with E-state index >= 15 is 0 Å². The lowest BCUT2D eigenvalue weighted by Crippen LogP contribution is -2.44. The Morgan fingerprint density at radius 1 is 1.38 bits per heavy atom. The van der Waals surface area contributed by atoms with Gasteiger partial charge in [-0.1, -0.05) is 6.07 Å². The average molecular weight is 512 g/mol. The molecule has 2 atom stereocenters. The van der Waals surface area contributed by atoms with E-state index < -0.39 is 9.84 Å². The van der Waals surface area contributed by atoms with Gasteiger partial charge in [0.05, 0.1) is 17.5 Å². The Hall–Kier alpha value is -0.390. The third kappa shape index (κ3) is 6.07. The van der Waals surface area contributed by atoms with Crippen molar-refractivity contribution in [3.05, 3.63) is 22.4 Å². The second-order valence-electron chi connectivity index (χ2n) is 6.88. The number of likely N-dealkylation sites (tertiary alicyclic amines) is 1. The Kier molecular flexibility index (Phi) is 8.62. The summed E-state index contributed by atoms with van der Waals surface area (Å²) >= 11 is 1.80. The number of nitrogens with one attached hydrogen (secondary N) is 2. The Balaban J connectivity index is 0.00000243. The highest BCUT2D eigenvalue weighted by molar-refractivity contribution is 14.0. The number of guanidine groups is 1. The third-order valence-electron chi connectivity index (χ3n) is 5.02. The fourth-order valence-corrected chi connectivity index (χ4v) is 6.35. The van der Waals surface area contributed by atoms with E-state index in [1.54, 1.807) is 18.4 Å². The molecule has 3 heterocycles. The van der Waals surface area contributed by atoms with Crippen LogP contribution in [-0.2, 0) is 9.84 Å². The van der Waals surface area contributed by atoms with Gasteiger partial charge in [0.15, 0.2) is 15.8 Å². The number of halogens is 1. The van der Waals surface area contributed by atoms with Gasteiger partial charge in [0, 0.05) is 25.0 Å². The molecule has 1 aromatic rings. The van der Waals surface area contributed by atoms with E-state index in [0.717, 1.165) is 32.0 Å². The van der Waals surface area contributed by atoms with E-state index in [-0.39, 0.29) is 29.9 Å². The van der Waals surface area contributed by atoms with Crippen LogP contribution in [0.4, 0.5) is 0 Å². The van der Waals surface area contributed by atoms with Gasteiger partial charge in [-0.05, 0) is 49.7 Å². The number of hydrogen-bond donors (Lipinski definition) is 2. The molecule has 3 rings (SSSR count). The van der Waals surface area contributed by atoms with E-state index in [4.69, 9.17) is 0 Å². The summed E-state index contributed by atoms with van der Waals surface area (Å²) in [5, 5.41) is 8.86. The van der Waals surface area contributed by atoms with Crippen LogP contribution in [-0.4, -0.2) is 64.0 Å². The normalized spacial score (nSPS) is 24.2. The van der Waals surface area contributed by atoms with Crippen molar-refractivity contribution in [1.29, 1.82) is 0 Å². The maximum Gasteiger partial charge on any atom is 0.191 e. The first-order chi connectivity index (χ1) is 12.1. The first-order valence-corrected chi connectivity index (χ1v) is 11.7. The van der Waals surface area contributed by atoms with Gasteiger partial charge in [0.2, 0.25) is 0 Å². The van der Waals surface area contributed by atoms with Crippen LogP contribution in [0.3, 0.4) is 0 Å². The van der Waals surface area contributed by atoms with Crippen molar-refractivity contribution >= 4 is 51.1 Å². The molecular formula is C17H29IN4O2S2. The molecule has 0 aromatic carbocycles. The summed E-state index contributed by atoms with van der Waals surface area (Å²) in [4.78, 5) is 8.21. The van der Waals surface area contributed by atoms with Crippen molar-refractivity contribution in [3.8, 4) is 0 Å². The van der Waals surface area contributed by atoms with E-state index in [9.17, 15) is 8.42 Å². The van der Waals surface area contributed by atoms with Gasteiger partial charge in [-0.3, -0.25) is 9.89 Å². The average Bonchev–Trinajstić information content (AvgIpc) is 3.33. The smallest absolute Gasteiger partial charge is 0.191 e. The molecule has 2 N–H and O–H groups in total. The van der Waals surface area contributed by atoms with E-state index in [2.05, 4.69) is 38.0 Å². The van der Waals surface area contributed by atoms with Gasteiger partial charge in [-0.2, -0.15) is 0 Å². The Labute approximate surface area is 177 Å². The molecule has 2 saturated heterocycles. The molecule has 0 aliphatic carbocycles. The van der Waals surface area contributed by atoms with Gasteiger partial charge in [0.1, 0.15) is 0 Å². The molecule has 0 spiro atoms. The lowest BCUT2D eigenvalue weighted by molar-refractivity contribution is 0.249. The minimum atomic E-state index is -2.82. The van der Waals surface area contributed by atoms with Crippen molar-refractivity contribution < 1.29 is 8.42 Å². The molecular weight excluding hydrogens is 483 g/mol. The number of sulfone groups is 1. The summed E-state index contributed by atoms with van der Waals surface area (Å²) in [6.45, 7) is 3.77. The first-order valence-electron chi connectivity index (χ1n) is 9.00. The fraction of sp³-hybridized carbons (Fsp3) is 0.706. The molecule has 2 unspecified atom stereocenters. The number of rotatable bonds is 6. The second-order valence-corrected chi connectivity index (χ2v) is 10.1. The second kappa shape index (κ2) is 10.2. The molecule has 148 valence electrons. The highest BCUT2D eigenvalue weighted by Crippen LogP contribution is 2.27. The van der Waals surface area contributed by atoms with Crippen molar-refractivity contribution in [2.45, 2.75) is 25.3 Å². The van der Waals surface area contributed by atoms with E-state index in [1.807, 2.05) is 0 Å². The predicted molar refractivity (Wildman–Crippen MR) is 119 cm³/mol. The molecule has 1 aromatic heterocycles. The van der Waals surface area contributed by atoms with Gasteiger partial charge in [-0.15, -0.1) is 35.3 Å². The largest absolute Gasteiger partial charge is 0.356 e. The highest BCUT2D eigenvalue weighted by atomic mass is 127. The van der Waals surface area contributed by atoms with Crippen LogP contribution in [0.5, 0.6) is 0 Å². The molecule has 0 bridgehead atoms. The van der Waals surface area contributed by atoms with Gasteiger partial charge in [-0.25, -0.2) is 8.42 Å². The summed E-state index contributed by atoms with van der Waals surface area (Å²) in [6, 6.07) is 4.68. The van der Waals surface area contributed by atoms with Crippen molar-refractivity contribution in [2.24, 2.45) is 10.9 Å². The molecule has 2 fully saturated rings. The van der Waals surface area contributed by atoms with Crippen LogP contribution in [0, 0.1) is 5.92 Å². The zero-order valence-corrected chi connectivity index (χ0v) is 19.1. The van der Waals surface area contributed by atoms with Crippen LogP contribution in [0.2, 0.25) is 0 Å². The maximum absolute atomic E-state index is 11.6. The first kappa shape index (κ1) is 21.9. The van der Waals surface area contributed by atoms with Crippen LogP contribution in [0.1, 0.15) is 30.2 Å². The van der Waals surface area contributed by atoms with Crippen LogP contribution in [0.25, 0.3) is 0 Å². The molecule has 0 radical (unpaired) electrons. The monoisotopic (exact) mass is 512 g/mol. The number of hydrogen-bond acceptors (Lipinski definition) is 5. The summed E-state index contributed by atoms with van der Waals surface area (Å²) in [5.74, 6) is 1.56. The number of thiophene rings is 1. The minimum Gasteiger partial charge on any atom is -0.356 e. The van der Waals surface area contributed by atoms with Crippen LogP contribution in [0.15, 0.2) is 22.5 Å². The summed E-state index contributed by atoms with van der Waals surface area (Å²) < 4.78 is 23.1. The minimum absolute atomic E-state index is 0. The Morgan fingerprint density at radius 2 is 2.15 bits per heavy atom. The summed E-state index contributed by atoms with van der Waals surface area (Å²) in [7, 11) is -1.06. The van der Waals surface area contributed by atoms with Gasteiger partial charge in [0.25, 0.3) is 0 Å². The zero-order valence-electron chi connectivity index (χ0n) is 15.2. The Morgan fingerprint density at radius 3 is 2.73 bits per heavy atom. The standard InChI is InChI=1S/C17H28N4O2S2.HI/c1-18-17(19-11-14-6-10-25(22,23)13-14)20-12-15(16-5-4-9-24-16)21-7-2-3-8-21;/h4-5,9,14-15H,2-3,6-8,10-13H2,1H3,(H2,18,19,20);1H. The molecule has 0 amide bonds. The van der Waals surface area contributed by atoms with Crippen LogP contribution < -0.4 is 10.6 Å². The zero-order chi connectivity index (χ0) is 17.7. The highest BCUT2D eigenvalue weighted by Gasteiger charge is 2.28. The molecule has 6 nitrogen and oxygen atoms in total. The fourth-order valence-electron chi connectivity index (χ4n) is 3.63. The van der Waals surface area contributed by atoms with Gasteiger partial charge >= 0.3 is 0 Å². The maximum atomic E-state index is 11.6. The lowest BCUT2D eigenvalue weighted by atomic mass is 10.1. The third-order valence-corrected chi connectivity index (χ3v) is 7.83. The molecule has 0 saturated carbocycles. The van der Waals surface area contributed by atoms with E-state index in [0.29, 0.717) is 24.1 Å². The van der Waals surface area contributed by atoms with Crippen LogP contribution >= 0.6 is 35.3 Å². The van der Waals surface area contributed by atoms with Crippen molar-refractivity contribution in [3.63, 3.8) is 0 Å². The van der Waals surface area contributed by atoms with Crippen molar-refractivity contribution in [2.75, 3.05) is 44.7 Å². The SMILES string of the molecule is CN=C(NCC1CCS(=O)(=O)C1)NCC(c1cccs1)N1CCCC1.I. The molecule has 2 aliphatic heterocycles. The summed E-state index contributed by atoms with van der Waals surface area (Å²) in [5.41, 5.74) is 0. The molecule has 26 heavy (non-hydrogen) atoms. The van der Waals surface area contributed by atoms with Gasteiger partial charge < -0.3 is 10.6 Å². The molecule has 2 aliphatic rings. The Bertz CT molecular complexity index is 673. The summed E-state index contributed by atoms with van der Waals surface area (Å²) in [6.07, 6.45) is 3.29. The van der Waals surface area contributed by atoms with Crippen molar-refractivity contribution in [1.82, 2.24) is 15.5 Å². The lowest BCUT2D eigenvalue weighted by Gasteiger charge is -2.27.